The average Bonchev–Trinajstić information content (AvgIpc) is 2.57. The van der Waals surface area contributed by atoms with Crippen molar-refractivity contribution in [1.82, 2.24) is 4.90 Å². The first-order valence-electron chi connectivity index (χ1n) is 8.44. The van der Waals surface area contributed by atoms with Gasteiger partial charge in [-0.1, -0.05) is 30.3 Å². The molecule has 0 saturated carbocycles. The third-order valence-corrected chi connectivity index (χ3v) is 4.29. The molecule has 2 fully saturated rings. The summed E-state index contributed by atoms with van der Waals surface area (Å²) in [5, 5.41) is 20.5. The third-order valence-electron chi connectivity index (χ3n) is 4.29. The van der Waals surface area contributed by atoms with E-state index in [1.165, 1.54) is 4.90 Å². The lowest BCUT2D eigenvalue weighted by Gasteiger charge is -2.49. The number of hydrogen-bond donors (Lipinski definition) is 2. The minimum Gasteiger partial charge on any atom is -0.444 e. The molecule has 0 bridgehead atoms. The van der Waals surface area contributed by atoms with Crippen molar-refractivity contribution in [3.8, 4) is 0 Å². The topological polar surface area (TPSA) is 88.5 Å². The molecule has 3 rings (SSSR count). The van der Waals surface area contributed by atoms with Gasteiger partial charge in [0, 0.05) is 5.56 Å². The Morgan fingerprint density at radius 2 is 1.92 bits per heavy atom. The molecular weight excluding hydrogens is 326 g/mol. The second-order valence-electron chi connectivity index (χ2n) is 7.43. The number of carbonyl (C=O) groups is 1. The van der Waals surface area contributed by atoms with Gasteiger partial charge in [0.2, 0.25) is 0 Å². The maximum absolute atomic E-state index is 12.5. The molecule has 0 aliphatic carbocycles. The second-order valence-corrected chi connectivity index (χ2v) is 7.43. The standard InChI is InChI=1S/C18H25NO6/c1-18(2,3)25-17(22)19-9-13(20)14(21)15-12(19)10-23-16(24-15)11-7-5-4-6-8-11/h4-8,12-16,20-21H,9-10H2,1-3H3/t12-,13+,14-,15-,16-/m1/s1. The van der Waals surface area contributed by atoms with Gasteiger partial charge in [-0.3, -0.25) is 4.90 Å². The maximum atomic E-state index is 12.5. The summed E-state index contributed by atoms with van der Waals surface area (Å²) >= 11 is 0. The Bertz CT molecular complexity index is 601. The number of rotatable bonds is 1. The van der Waals surface area contributed by atoms with Crippen LogP contribution in [0.2, 0.25) is 0 Å². The quantitative estimate of drug-likeness (QED) is 0.796. The van der Waals surface area contributed by atoms with Crippen LogP contribution in [0.5, 0.6) is 0 Å². The Kier molecular flexibility index (Phi) is 5.02. The Morgan fingerprint density at radius 1 is 1.24 bits per heavy atom. The zero-order valence-electron chi connectivity index (χ0n) is 14.7. The largest absolute Gasteiger partial charge is 0.444 e. The normalized spacial score (nSPS) is 32.8. The lowest BCUT2D eigenvalue weighted by atomic mass is 9.93. The number of piperidine rings is 1. The minimum absolute atomic E-state index is 0.0278. The highest BCUT2D eigenvalue weighted by molar-refractivity contribution is 5.69. The monoisotopic (exact) mass is 351 g/mol. The van der Waals surface area contributed by atoms with Gasteiger partial charge in [-0.2, -0.15) is 0 Å². The Labute approximate surface area is 147 Å². The smallest absolute Gasteiger partial charge is 0.410 e. The molecule has 25 heavy (non-hydrogen) atoms. The lowest BCUT2D eigenvalue weighted by molar-refractivity contribution is -0.284. The molecule has 5 atom stereocenters. The molecule has 0 radical (unpaired) electrons. The molecule has 0 unspecified atom stereocenters. The number of benzene rings is 1. The fourth-order valence-electron chi connectivity index (χ4n) is 3.11. The van der Waals surface area contributed by atoms with E-state index < -0.39 is 42.3 Å². The summed E-state index contributed by atoms with van der Waals surface area (Å²) in [6, 6.07) is 8.83. The van der Waals surface area contributed by atoms with Gasteiger partial charge in [0.1, 0.15) is 23.9 Å². The van der Waals surface area contributed by atoms with Crippen molar-refractivity contribution in [2.24, 2.45) is 0 Å². The van der Waals surface area contributed by atoms with Gasteiger partial charge in [-0.05, 0) is 20.8 Å². The minimum atomic E-state index is -1.11. The number of carbonyl (C=O) groups excluding carboxylic acids is 1. The van der Waals surface area contributed by atoms with Crippen molar-refractivity contribution in [1.29, 1.82) is 0 Å². The van der Waals surface area contributed by atoms with E-state index in [0.29, 0.717) is 0 Å². The summed E-state index contributed by atoms with van der Waals surface area (Å²) in [7, 11) is 0. The molecule has 2 aliphatic rings. The van der Waals surface area contributed by atoms with Crippen LogP contribution in [0.3, 0.4) is 0 Å². The van der Waals surface area contributed by atoms with Crippen molar-refractivity contribution in [3.05, 3.63) is 35.9 Å². The van der Waals surface area contributed by atoms with Crippen LogP contribution < -0.4 is 0 Å². The van der Waals surface area contributed by atoms with Crippen molar-refractivity contribution < 1.29 is 29.2 Å². The fraction of sp³-hybridized carbons (Fsp3) is 0.611. The van der Waals surface area contributed by atoms with E-state index in [0.717, 1.165) is 5.56 Å². The van der Waals surface area contributed by atoms with E-state index in [-0.39, 0.29) is 13.2 Å². The zero-order valence-corrected chi connectivity index (χ0v) is 14.7. The van der Waals surface area contributed by atoms with Crippen LogP contribution in [0.25, 0.3) is 0 Å². The maximum Gasteiger partial charge on any atom is 0.410 e. The van der Waals surface area contributed by atoms with Gasteiger partial charge in [0.05, 0.1) is 19.2 Å². The molecule has 1 aromatic carbocycles. The highest BCUT2D eigenvalue weighted by Crippen LogP contribution is 2.34. The molecule has 2 heterocycles. The molecule has 2 N–H and O–H groups in total. The Balaban J connectivity index is 1.77. The molecule has 2 saturated heterocycles. The van der Waals surface area contributed by atoms with Gasteiger partial charge < -0.3 is 24.4 Å². The number of hydrogen-bond acceptors (Lipinski definition) is 6. The summed E-state index contributed by atoms with van der Waals surface area (Å²) in [5.74, 6) is 0. The van der Waals surface area contributed by atoms with Crippen molar-refractivity contribution >= 4 is 6.09 Å². The average molecular weight is 351 g/mol. The van der Waals surface area contributed by atoms with Crippen LogP contribution in [0.4, 0.5) is 4.79 Å². The highest BCUT2D eigenvalue weighted by Gasteiger charge is 2.49. The van der Waals surface area contributed by atoms with E-state index in [9.17, 15) is 15.0 Å². The number of amides is 1. The molecular formula is C18H25NO6. The fourth-order valence-corrected chi connectivity index (χ4v) is 3.11. The van der Waals surface area contributed by atoms with Crippen molar-refractivity contribution in [2.45, 2.75) is 57.0 Å². The van der Waals surface area contributed by atoms with Crippen LogP contribution in [0, 0.1) is 0 Å². The number of aliphatic hydroxyl groups is 2. The van der Waals surface area contributed by atoms with Crippen molar-refractivity contribution in [3.63, 3.8) is 0 Å². The van der Waals surface area contributed by atoms with Gasteiger partial charge in [0.15, 0.2) is 6.29 Å². The third kappa shape index (κ3) is 3.95. The highest BCUT2D eigenvalue weighted by atomic mass is 16.7. The predicted molar refractivity (Wildman–Crippen MR) is 88.7 cm³/mol. The van der Waals surface area contributed by atoms with E-state index in [2.05, 4.69) is 0 Å². The molecule has 2 aliphatic heterocycles. The summed E-state index contributed by atoms with van der Waals surface area (Å²) < 4.78 is 17.1. The van der Waals surface area contributed by atoms with Gasteiger partial charge >= 0.3 is 6.09 Å². The first-order valence-corrected chi connectivity index (χ1v) is 8.44. The Morgan fingerprint density at radius 3 is 2.56 bits per heavy atom. The van der Waals surface area contributed by atoms with E-state index in [1.807, 2.05) is 30.3 Å². The molecule has 1 aromatic rings. The number of ether oxygens (including phenoxy) is 3. The van der Waals surface area contributed by atoms with Crippen molar-refractivity contribution in [2.75, 3.05) is 13.2 Å². The van der Waals surface area contributed by atoms with E-state index in [4.69, 9.17) is 14.2 Å². The first-order chi connectivity index (χ1) is 11.8. The van der Waals surface area contributed by atoms with Gasteiger partial charge in [0.25, 0.3) is 0 Å². The molecule has 0 spiro atoms. The number of likely N-dealkylation sites (tertiary alicyclic amines) is 1. The molecule has 7 heteroatoms. The van der Waals surface area contributed by atoms with E-state index >= 15 is 0 Å². The molecule has 1 amide bonds. The number of β-amino-alcohol motifs (C(OH)–C–C–N with tert-alkyl or cyclic N) is 1. The summed E-state index contributed by atoms with van der Waals surface area (Å²) in [4.78, 5) is 13.9. The predicted octanol–water partition coefficient (Wildman–Crippen LogP) is 1.44. The van der Waals surface area contributed by atoms with Crippen LogP contribution in [0.1, 0.15) is 32.6 Å². The molecule has 138 valence electrons. The van der Waals surface area contributed by atoms with Crippen LogP contribution in [-0.2, 0) is 14.2 Å². The van der Waals surface area contributed by atoms with Gasteiger partial charge in [-0.25, -0.2) is 4.79 Å². The van der Waals surface area contributed by atoms with Crippen LogP contribution >= 0.6 is 0 Å². The Hall–Kier alpha value is -1.67. The second kappa shape index (κ2) is 6.92. The zero-order chi connectivity index (χ0) is 18.2. The van der Waals surface area contributed by atoms with E-state index in [1.54, 1.807) is 20.8 Å². The number of fused-ring (bicyclic) bond motifs is 1. The summed E-state index contributed by atoms with van der Waals surface area (Å²) in [6.45, 7) is 5.48. The van der Waals surface area contributed by atoms with Crippen LogP contribution in [0.15, 0.2) is 30.3 Å². The van der Waals surface area contributed by atoms with Crippen LogP contribution in [-0.4, -0.2) is 64.3 Å². The SMILES string of the molecule is CC(C)(C)OC(=O)N1C[C@H](O)[C@@H](O)[C@@H]2O[C@H](c3ccccc3)OC[C@H]21. The number of aliphatic hydroxyl groups excluding tert-OH is 2. The van der Waals surface area contributed by atoms with Gasteiger partial charge in [-0.15, -0.1) is 0 Å². The summed E-state index contributed by atoms with van der Waals surface area (Å²) in [6.07, 6.45) is -4.17. The molecule has 0 aromatic heterocycles. The summed E-state index contributed by atoms with van der Waals surface area (Å²) in [5.41, 5.74) is 0.160. The first kappa shape index (κ1) is 18.1. The number of nitrogens with zero attached hydrogens (tertiary/aromatic N) is 1. The lowest BCUT2D eigenvalue weighted by Crippen LogP contribution is -2.67. The molecule has 7 nitrogen and oxygen atoms in total.